The quantitative estimate of drug-likeness (QED) is 0.760. The first-order valence-electron chi connectivity index (χ1n) is 7.15. The number of nitrogens with two attached hydrogens (primary N) is 1. The minimum absolute atomic E-state index is 0.0833. The van der Waals surface area contributed by atoms with Crippen LogP contribution >= 0.6 is 0 Å². The van der Waals surface area contributed by atoms with Gasteiger partial charge in [0.05, 0.1) is 0 Å². The maximum atomic E-state index is 12.2. The van der Waals surface area contributed by atoms with Crippen LogP contribution in [-0.2, 0) is 13.0 Å². The first-order chi connectivity index (χ1) is 9.22. The largest absolute Gasteiger partial charge is 0.399 e. The molecule has 3 rings (SSSR count). The van der Waals surface area contributed by atoms with E-state index in [1.165, 1.54) is 24.0 Å². The molecule has 1 aromatic carbocycles. The van der Waals surface area contributed by atoms with Gasteiger partial charge in [-0.3, -0.25) is 0 Å². The summed E-state index contributed by atoms with van der Waals surface area (Å²) in [6.07, 6.45) is 5.66. The monoisotopic (exact) mass is 259 g/mol. The molecule has 2 aliphatic rings. The zero-order chi connectivity index (χ0) is 13.2. The molecule has 1 fully saturated rings. The van der Waals surface area contributed by atoms with Crippen molar-refractivity contribution in [2.45, 2.75) is 44.7 Å². The highest BCUT2D eigenvalue weighted by atomic mass is 16.2. The van der Waals surface area contributed by atoms with Crippen molar-refractivity contribution in [3.63, 3.8) is 0 Å². The number of urea groups is 1. The fourth-order valence-electron chi connectivity index (χ4n) is 3.09. The highest BCUT2D eigenvalue weighted by Gasteiger charge is 2.24. The van der Waals surface area contributed by atoms with Crippen molar-refractivity contribution in [3.05, 3.63) is 29.3 Å². The molecule has 3 N–H and O–H groups in total. The van der Waals surface area contributed by atoms with E-state index in [4.69, 9.17) is 5.73 Å². The number of rotatable bonds is 1. The Hall–Kier alpha value is -1.71. The lowest BCUT2D eigenvalue weighted by Gasteiger charge is -2.30. The van der Waals surface area contributed by atoms with Gasteiger partial charge in [0.2, 0.25) is 0 Å². The predicted octanol–water partition coefficient (Wildman–Crippen LogP) is 2.28. The second-order valence-corrected chi connectivity index (χ2v) is 5.63. The molecular weight excluding hydrogens is 238 g/mol. The van der Waals surface area contributed by atoms with Crippen molar-refractivity contribution in [2.24, 2.45) is 0 Å². The number of nitrogen functional groups attached to an aromatic ring is 1. The van der Waals surface area contributed by atoms with E-state index in [1.54, 1.807) is 0 Å². The molecular formula is C15H21N3O. The van der Waals surface area contributed by atoms with Gasteiger partial charge in [0.15, 0.2) is 0 Å². The summed E-state index contributed by atoms with van der Waals surface area (Å²) in [6.45, 7) is 1.48. The normalized spacial score (nSPS) is 19.3. The molecule has 19 heavy (non-hydrogen) atoms. The van der Waals surface area contributed by atoms with Crippen LogP contribution in [0.1, 0.15) is 36.8 Å². The van der Waals surface area contributed by atoms with Crippen LogP contribution in [0.15, 0.2) is 18.2 Å². The van der Waals surface area contributed by atoms with Gasteiger partial charge in [-0.05, 0) is 42.5 Å². The Bertz CT molecular complexity index is 480. The molecule has 1 saturated carbocycles. The highest BCUT2D eigenvalue weighted by Crippen LogP contribution is 2.22. The van der Waals surface area contributed by atoms with Crippen LogP contribution in [0.5, 0.6) is 0 Å². The average molecular weight is 259 g/mol. The number of hydrogen-bond donors (Lipinski definition) is 2. The molecule has 0 bridgehead atoms. The summed E-state index contributed by atoms with van der Waals surface area (Å²) in [5.41, 5.74) is 9.10. The van der Waals surface area contributed by atoms with Gasteiger partial charge in [-0.2, -0.15) is 0 Å². The van der Waals surface area contributed by atoms with E-state index < -0.39 is 0 Å². The molecule has 1 aliphatic heterocycles. The van der Waals surface area contributed by atoms with Crippen LogP contribution in [0, 0.1) is 0 Å². The topological polar surface area (TPSA) is 58.4 Å². The first kappa shape index (κ1) is 12.3. The van der Waals surface area contributed by atoms with E-state index in [2.05, 4.69) is 11.4 Å². The van der Waals surface area contributed by atoms with Crippen LogP contribution < -0.4 is 11.1 Å². The number of carbonyl (C=O) groups is 1. The number of amides is 2. The molecule has 2 amide bonds. The number of carbonyl (C=O) groups excluding carboxylic acids is 1. The van der Waals surface area contributed by atoms with Gasteiger partial charge in [-0.15, -0.1) is 0 Å². The molecule has 1 aromatic rings. The molecule has 0 saturated heterocycles. The summed E-state index contributed by atoms with van der Waals surface area (Å²) in [6, 6.07) is 6.48. The zero-order valence-corrected chi connectivity index (χ0v) is 11.2. The number of anilines is 1. The third kappa shape index (κ3) is 2.67. The Kier molecular flexibility index (Phi) is 3.32. The summed E-state index contributed by atoms with van der Waals surface area (Å²) in [4.78, 5) is 14.1. The fourth-order valence-corrected chi connectivity index (χ4v) is 3.09. The molecule has 0 atom stereocenters. The zero-order valence-electron chi connectivity index (χ0n) is 11.2. The van der Waals surface area contributed by atoms with E-state index >= 15 is 0 Å². The van der Waals surface area contributed by atoms with E-state index in [0.717, 1.165) is 31.5 Å². The lowest BCUT2D eigenvalue weighted by Crippen LogP contribution is -2.45. The molecule has 4 nitrogen and oxygen atoms in total. The molecule has 102 valence electrons. The Morgan fingerprint density at radius 2 is 2.05 bits per heavy atom. The van der Waals surface area contributed by atoms with Crippen LogP contribution in [0.25, 0.3) is 0 Å². The van der Waals surface area contributed by atoms with Crippen molar-refractivity contribution < 1.29 is 4.79 Å². The van der Waals surface area contributed by atoms with Gasteiger partial charge in [-0.25, -0.2) is 4.79 Å². The van der Waals surface area contributed by atoms with Crippen molar-refractivity contribution in [3.8, 4) is 0 Å². The van der Waals surface area contributed by atoms with Gasteiger partial charge in [0.1, 0.15) is 0 Å². The summed E-state index contributed by atoms with van der Waals surface area (Å²) < 4.78 is 0. The molecule has 0 aromatic heterocycles. The van der Waals surface area contributed by atoms with Gasteiger partial charge in [0.25, 0.3) is 0 Å². The SMILES string of the molecule is Nc1ccc2c(c1)CN(C(=O)NC1CCCC1)CC2. The lowest BCUT2D eigenvalue weighted by molar-refractivity contribution is 0.188. The van der Waals surface area contributed by atoms with E-state index in [-0.39, 0.29) is 6.03 Å². The van der Waals surface area contributed by atoms with Crippen molar-refractivity contribution in [1.82, 2.24) is 10.2 Å². The van der Waals surface area contributed by atoms with Crippen LogP contribution in [0.4, 0.5) is 10.5 Å². The molecule has 0 unspecified atom stereocenters. The number of nitrogens with one attached hydrogen (secondary N) is 1. The first-order valence-corrected chi connectivity index (χ1v) is 7.15. The third-order valence-electron chi connectivity index (χ3n) is 4.21. The molecule has 0 radical (unpaired) electrons. The van der Waals surface area contributed by atoms with Crippen LogP contribution in [0.3, 0.4) is 0 Å². The number of benzene rings is 1. The van der Waals surface area contributed by atoms with Crippen molar-refractivity contribution in [1.29, 1.82) is 0 Å². The smallest absolute Gasteiger partial charge is 0.317 e. The second-order valence-electron chi connectivity index (χ2n) is 5.63. The van der Waals surface area contributed by atoms with E-state index in [9.17, 15) is 4.79 Å². The average Bonchev–Trinajstić information content (AvgIpc) is 2.90. The molecule has 1 heterocycles. The lowest BCUT2D eigenvalue weighted by atomic mass is 9.99. The van der Waals surface area contributed by atoms with Crippen molar-refractivity contribution >= 4 is 11.7 Å². The predicted molar refractivity (Wildman–Crippen MR) is 75.8 cm³/mol. The van der Waals surface area contributed by atoms with Gasteiger partial charge < -0.3 is 16.0 Å². The van der Waals surface area contributed by atoms with Crippen LogP contribution in [-0.4, -0.2) is 23.5 Å². The molecule has 0 spiro atoms. The Morgan fingerprint density at radius 3 is 2.84 bits per heavy atom. The minimum Gasteiger partial charge on any atom is -0.399 e. The highest BCUT2D eigenvalue weighted by molar-refractivity contribution is 5.75. The van der Waals surface area contributed by atoms with Crippen LogP contribution in [0.2, 0.25) is 0 Å². The summed E-state index contributed by atoms with van der Waals surface area (Å²) in [5.74, 6) is 0. The van der Waals surface area contributed by atoms with E-state index in [0.29, 0.717) is 12.6 Å². The van der Waals surface area contributed by atoms with Gasteiger partial charge in [0, 0.05) is 24.8 Å². The van der Waals surface area contributed by atoms with E-state index in [1.807, 2.05) is 17.0 Å². The fraction of sp³-hybridized carbons (Fsp3) is 0.533. The van der Waals surface area contributed by atoms with Crippen molar-refractivity contribution in [2.75, 3.05) is 12.3 Å². The Morgan fingerprint density at radius 1 is 1.26 bits per heavy atom. The number of fused-ring (bicyclic) bond motifs is 1. The number of hydrogen-bond acceptors (Lipinski definition) is 2. The third-order valence-corrected chi connectivity index (χ3v) is 4.21. The maximum absolute atomic E-state index is 12.2. The maximum Gasteiger partial charge on any atom is 0.317 e. The number of nitrogens with zero attached hydrogens (tertiary/aromatic N) is 1. The Labute approximate surface area is 114 Å². The van der Waals surface area contributed by atoms with Gasteiger partial charge >= 0.3 is 6.03 Å². The standard InChI is InChI=1S/C15H21N3O/c16-13-6-5-11-7-8-18(10-12(11)9-13)15(19)17-14-3-1-2-4-14/h5-6,9,14H,1-4,7-8,10,16H2,(H,17,19). The molecule has 1 aliphatic carbocycles. The Balaban J connectivity index is 1.65. The summed E-state index contributed by atoms with van der Waals surface area (Å²) >= 11 is 0. The summed E-state index contributed by atoms with van der Waals surface area (Å²) in [5, 5.41) is 3.15. The summed E-state index contributed by atoms with van der Waals surface area (Å²) in [7, 11) is 0. The van der Waals surface area contributed by atoms with Gasteiger partial charge in [-0.1, -0.05) is 18.9 Å². The molecule has 4 heteroatoms. The second kappa shape index (κ2) is 5.11. The minimum atomic E-state index is 0.0833.